The van der Waals surface area contributed by atoms with Crippen LogP contribution in [0.2, 0.25) is 0 Å². The van der Waals surface area contributed by atoms with Gasteiger partial charge in [0.1, 0.15) is 12.4 Å². The summed E-state index contributed by atoms with van der Waals surface area (Å²) in [6.45, 7) is 1.94. The smallest absolute Gasteiger partial charge is 0.170 e. The number of aromatic amines is 1. The van der Waals surface area contributed by atoms with E-state index >= 15 is 0 Å². The van der Waals surface area contributed by atoms with Gasteiger partial charge in [-0.15, -0.1) is 0 Å². The second-order valence-corrected chi connectivity index (χ2v) is 4.23. The predicted molar refractivity (Wildman–Crippen MR) is 66.0 cm³/mol. The Morgan fingerprint density at radius 1 is 1.47 bits per heavy atom. The second-order valence-electron chi connectivity index (χ2n) is 4.23. The van der Waals surface area contributed by atoms with Gasteiger partial charge < -0.3 is 9.52 Å². The van der Waals surface area contributed by atoms with E-state index in [9.17, 15) is 9.50 Å². The zero-order chi connectivity index (χ0) is 13.4. The van der Waals surface area contributed by atoms with Crippen molar-refractivity contribution in [2.24, 2.45) is 0 Å². The maximum atomic E-state index is 13.7. The molecule has 0 fully saturated rings. The Bertz CT molecular complexity index is 706. The lowest BCUT2D eigenvalue weighted by Crippen LogP contribution is -2.03. The fourth-order valence-electron chi connectivity index (χ4n) is 2.19. The number of nitrogens with one attached hydrogen (secondary N) is 1. The van der Waals surface area contributed by atoms with Crippen molar-refractivity contribution in [2.75, 3.05) is 0 Å². The van der Waals surface area contributed by atoms with Crippen molar-refractivity contribution in [3.8, 4) is 0 Å². The van der Waals surface area contributed by atoms with Gasteiger partial charge in [0.15, 0.2) is 17.2 Å². The van der Waals surface area contributed by atoms with E-state index in [0.29, 0.717) is 23.2 Å². The summed E-state index contributed by atoms with van der Waals surface area (Å²) in [6.07, 6.45) is 2.53. The molecule has 1 aromatic carbocycles. The van der Waals surface area contributed by atoms with Crippen molar-refractivity contribution in [3.05, 3.63) is 47.5 Å². The summed E-state index contributed by atoms with van der Waals surface area (Å²) in [7, 11) is 0. The standard InChI is InChI=1S/C13H12FN3O2/c1-2-7-5-19-12-9(14)4-3-8(10(7)12)11(18)13-15-6-16-17-13/h3-6,11,18H,2H2,1H3,(H,15,16,17). The lowest BCUT2D eigenvalue weighted by Gasteiger charge is -2.10. The molecule has 2 N–H and O–H groups in total. The van der Waals surface area contributed by atoms with E-state index in [2.05, 4.69) is 15.2 Å². The molecule has 0 aliphatic heterocycles. The molecule has 3 rings (SSSR count). The van der Waals surface area contributed by atoms with Gasteiger partial charge in [0, 0.05) is 5.39 Å². The highest BCUT2D eigenvalue weighted by atomic mass is 19.1. The molecule has 0 amide bonds. The fourth-order valence-corrected chi connectivity index (χ4v) is 2.19. The van der Waals surface area contributed by atoms with Gasteiger partial charge in [-0.3, -0.25) is 5.10 Å². The van der Waals surface area contributed by atoms with E-state index in [1.165, 1.54) is 18.7 Å². The van der Waals surface area contributed by atoms with E-state index in [1.807, 2.05) is 6.92 Å². The monoisotopic (exact) mass is 261 g/mol. The lowest BCUT2D eigenvalue weighted by atomic mass is 10.00. The number of halogens is 1. The largest absolute Gasteiger partial charge is 0.461 e. The lowest BCUT2D eigenvalue weighted by molar-refractivity contribution is 0.211. The fraction of sp³-hybridized carbons (Fsp3) is 0.231. The van der Waals surface area contributed by atoms with Crippen molar-refractivity contribution in [2.45, 2.75) is 19.4 Å². The van der Waals surface area contributed by atoms with Crippen LogP contribution < -0.4 is 0 Å². The molecular formula is C13H12FN3O2. The molecule has 2 aromatic heterocycles. The first-order valence-electron chi connectivity index (χ1n) is 5.94. The number of aryl methyl sites for hydroxylation is 1. The Morgan fingerprint density at radius 3 is 3.00 bits per heavy atom. The van der Waals surface area contributed by atoms with Crippen LogP contribution in [0.1, 0.15) is 30.0 Å². The van der Waals surface area contributed by atoms with Crippen molar-refractivity contribution < 1.29 is 13.9 Å². The van der Waals surface area contributed by atoms with E-state index in [0.717, 1.165) is 5.56 Å². The molecule has 0 bridgehead atoms. The van der Waals surface area contributed by atoms with Crippen LogP contribution in [-0.4, -0.2) is 20.3 Å². The number of hydrogen-bond acceptors (Lipinski definition) is 4. The molecule has 6 heteroatoms. The Balaban J connectivity index is 2.23. The number of benzene rings is 1. The Kier molecular flexibility index (Phi) is 2.79. The molecule has 1 unspecified atom stereocenters. The van der Waals surface area contributed by atoms with E-state index in [-0.39, 0.29) is 5.58 Å². The maximum Gasteiger partial charge on any atom is 0.170 e. The number of aliphatic hydroxyl groups is 1. The SMILES string of the molecule is CCc1coc2c(F)ccc(C(O)c3ncn[nH]3)c12. The average molecular weight is 261 g/mol. The number of furan rings is 1. The van der Waals surface area contributed by atoms with Crippen molar-refractivity contribution in [1.82, 2.24) is 15.2 Å². The number of nitrogens with zero attached hydrogens (tertiary/aromatic N) is 2. The molecule has 0 radical (unpaired) electrons. The highest BCUT2D eigenvalue weighted by Gasteiger charge is 2.21. The molecule has 3 aromatic rings. The predicted octanol–water partition coefficient (Wildman–Crippen LogP) is 2.33. The number of aliphatic hydroxyl groups excluding tert-OH is 1. The van der Waals surface area contributed by atoms with Gasteiger partial charge in [-0.25, -0.2) is 9.37 Å². The van der Waals surface area contributed by atoms with Crippen LogP contribution in [-0.2, 0) is 6.42 Å². The van der Waals surface area contributed by atoms with Gasteiger partial charge in [0.25, 0.3) is 0 Å². The van der Waals surface area contributed by atoms with Crippen molar-refractivity contribution in [1.29, 1.82) is 0 Å². The minimum atomic E-state index is -0.992. The van der Waals surface area contributed by atoms with Gasteiger partial charge >= 0.3 is 0 Å². The van der Waals surface area contributed by atoms with Crippen LogP contribution in [0.15, 0.2) is 29.1 Å². The molecule has 5 nitrogen and oxygen atoms in total. The molecule has 0 aliphatic carbocycles. The van der Waals surface area contributed by atoms with Crippen LogP contribution in [0, 0.1) is 5.82 Å². The van der Waals surface area contributed by atoms with Gasteiger partial charge in [0.2, 0.25) is 0 Å². The molecule has 0 saturated carbocycles. The van der Waals surface area contributed by atoms with Crippen LogP contribution in [0.25, 0.3) is 11.0 Å². The van der Waals surface area contributed by atoms with Crippen molar-refractivity contribution in [3.63, 3.8) is 0 Å². The highest BCUT2D eigenvalue weighted by molar-refractivity contribution is 5.85. The highest BCUT2D eigenvalue weighted by Crippen LogP contribution is 2.33. The first-order chi connectivity index (χ1) is 9.22. The molecule has 0 saturated heterocycles. The Labute approximate surface area is 108 Å². The quantitative estimate of drug-likeness (QED) is 0.758. The first kappa shape index (κ1) is 11.9. The third kappa shape index (κ3) is 1.80. The zero-order valence-corrected chi connectivity index (χ0v) is 10.2. The summed E-state index contributed by atoms with van der Waals surface area (Å²) >= 11 is 0. The molecule has 19 heavy (non-hydrogen) atoms. The Hall–Kier alpha value is -2.21. The minimum Gasteiger partial charge on any atom is -0.461 e. The van der Waals surface area contributed by atoms with Crippen LogP contribution >= 0.6 is 0 Å². The molecule has 2 heterocycles. The molecule has 98 valence electrons. The van der Waals surface area contributed by atoms with Crippen LogP contribution in [0.5, 0.6) is 0 Å². The first-order valence-corrected chi connectivity index (χ1v) is 5.94. The summed E-state index contributed by atoms with van der Waals surface area (Å²) in [6, 6.07) is 2.82. The number of H-pyrrole nitrogens is 1. The summed E-state index contributed by atoms with van der Waals surface area (Å²) < 4.78 is 19.0. The van der Waals surface area contributed by atoms with Crippen LogP contribution in [0.3, 0.4) is 0 Å². The maximum absolute atomic E-state index is 13.7. The molecule has 0 aliphatic rings. The zero-order valence-electron chi connectivity index (χ0n) is 10.2. The second kappa shape index (κ2) is 4.47. The third-order valence-electron chi connectivity index (χ3n) is 3.15. The number of hydrogen-bond donors (Lipinski definition) is 2. The van der Waals surface area contributed by atoms with Gasteiger partial charge in [-0.2, -0.15) is 5.10 Å². The van der Waals surface area contributed by atoms with Gasteiger partial charge in [-0.05, 0) is 23.6 Å². The van der Waals surface area contributed by atoms with Crippen molar-refractivity contribution >= 4 is 11.0 Å². The van der Waals surface area contributed by atoms with E-state index < -0.39 is 11.9 Å². The summed E-state index contributed by atoms with van der Waals surface area (Å²) in [5, 5.41) is 17.2. The molecule has 1 atom stereocenters. The van der Waals surface area contributed by atoms with Crippen LogP contribution in [0.4, 0.5) is 4.39 Å². The molecular weight excluding hydrogens is 249 g/mol. The number of aromatic nitrogens is 3. The topological polar surface area (TPSA) is 74.9 Å². The summed E-state index contributed by atoms with van der Waals surface area (Å²) in [5.74, 6) is -0.126. The molecule has 0 spiro atoms. The van der Waals surface area contributed by atoms with Gasteiger partial charge in [-0.1, -0.05) is 13.0 Å². The van der Waals surface area contributed by atoms with Gasteiger partial charge in [0.05, 0.1) is 6.26 Å². The van der Waals surface area contributed by atoms with E-state index in [1.54, 1.807) is 6.07 Å². The number of fused-ring (bicyclic) bond motifs is 1. The normalized spacial score (nSPS) is 13.0. The Morgan fingerprint density at radius 2 is 2.32 bits per heavy atom. The average Bonchev–Trinajstić information content (AvgIpc) is 3.08. The number of rotatable bonds is 3. The minimum absolute atomic E-state index is 0.160. The summed E-state index contributed by atoms with van der Waals surface area (Å²) in [5.41, 5.74) is 1.56. The van der Waals surface area contributed by atoms with E-state index in [4.69, 9.17) is 4.42 Å². The third-order valence-corrected chi connectivity index (χ3v) is 3.15. The summed E-state index contributed by atoms with van der Waals surface area (Å²) in [4.78, 5) is 3.92.